The zero-order valence-corrected chi connectivity index (χ0v) is 11.5. The number of hydrogen-bond acceptors (Lipinski definition) is 4. The van der Waals surface area contributed by atoms with E-state index >= 15 is 0 Å². The van der Waals surface area contributed by atoms with Gasteiger partial charge in [-0.25, -0.2) is 0 Å². The van der Waals surface area contributed by atoms with E-state index in [1.54, 1.807) is 4.90 Å². The molecular formula is C13H17NO3S. The van der Waals surface area contributed by atoms with Crippen LogP contribution >= 0.6 is 11.3 Å². The fourth-order valence-electron chi connectivity index (χ4n) is 2.27. The Bertz CT molecular complexity index is 455. The van der Waals surface area contributed by atoms with Gasteiger partial charge in [0.15, 0.2) is 0 Å². The molecule has 0 unspecified atom stereocenters. The molecule has 1 aromatic rings. The predicted molar refractivity (Wildman–Crippen MR) is 69.7 cm³/mol. The van der Waals surface area contributed by atoms with Crippen molar-refractivity contribution in [3.05, 3.63) is 21.9 Å². The number of nitrogens with zero attached hydrogens (tertiary/aromatic N) is 1. The summed E-state index contributed by atoms with van der Waals surface area (Å²) in [6, 6.07) is 0. The number of aryl methyl sites for hydroxylation is 1. The van der Waals surface area contributed by atoms with E-state index < -0.39 is 0 Å². The molecule has 0 aromatic carbocycles. The number of esters is 1. The molecule has 1 amide bonds. The van der Waals surface area contributed by atoms with Crippen molar-refractivity contribution in [3.63, 3.8) is 0 Å². The average Bonchev–Trinajstić information content (AvgIpc) is 2.83. The van der Waals surface area contributed by atoms with Crippen LogP contribution in [0.15, 0.2) is 10.8 Å². The van der Waals surface area contributed by atoms with Gasteiger partial charge in [0.05, 0.1) is 18.6 Å². The van der Waals surface area contributed by atoms with Gasteiger partial charge in [0.2, 0.25) is 0 Å². The molecule has 1 aromatic heterocycles. The number of carbonyl (C=O) groups is 2. The minimum Gasteiger partial charge on any atom is -0.469 e. The molecule has 0 radical (unpaired) electrons. The van der Waals surface area contributed by atoms with E-state index in [4.69, 9.17) is 4.74 Å². The van der Waals surface area contributed by atoms with E-state index in [1.807, 2.05) is 17.7 Å². The lowest BCUT2D eigenvalue weighted by atomic mass is 9.97. The number of rotatable bonds is 2. The molecule has 1 aliphatic heterocycles. The van der Waals surface area contributed by atoms with Gasteiger partial charge in [0, 0.05) is 18.5 Å². The zero-order valence-electron chi connectivity index (χ0n) is 10.6. The molecule has 2 rings (SSSR count). The van der Waals surface area contributed by atoms with Gasteiger partial charge in [-0.1, -0.05) is 0 Å². The summed E-state index contributed by atoms with van der Waals surface area (Å²) in [6.45, 7) is 3.13. The number of ether oxygens (including phenoxy) is 1. The second-order valence-electron chi connectivity index (χ2n) is 4.58. The first-order valence-electron chi connectivity index (χ1n) is 6.03. The Morgan fingerprint density at radius 1 is 1.44 bits per heavy atom. The van der Waals surface area contributed by atoms with E-state index in [-0.39, 0.29) is 17.8 Å². The average molecular weight is 267 g/mol. The van der Waals surface area contributed by atoms with E-state index in [9.17, 15) is 9.59 Å². The number of thiophene rings is 1. The topological polar surface area (TPSA) is 46.6 Å². The summed E-state index contributed by atoms with van der Waals surface area (Å²) in [5.41, 5.74) is 1.76. The number of amides is 1. The zero-order chi connectivity index (χ0) is 13.1. The van der Waals surface area contributed by atoms with Crippen LogP contribution in [0.1, 0.15) is 28.8 Å². The first-order valence-corrected chi connectivity index (χ1v) is 6.97. The van der Waals surface area contributed by atoms with Gasteiger partial charge in [-0.3, -0.25) is 9.59 Å². The normalized spacial score (nSPS) is 19.7. The van der Waals surface area contributed by atoms with Crippen molar-refractivity contribution in [2.75, 3.05) is 20.2 Å². The fraction of sp³-hybridized carbons (Fsp3) is 0.538. The Morgan fingerprint density at radius 3 is 2.83 bits per heavy atom. The summed E-state index contributed by atoms with van der Waals surface area (Å²) in [5, 5.41) is 3.84. The number of piperidine rings is 1. The third-order valence-corrected chi connectivity index (χ3v) is 4.19. The van der Waals surface area contributed by atoms with Crippen molar-refractivity contribution in [3.8, 4) is 0 Å². The molecular weight excluding hydrogens is 250 g/mol. The highest BCUT2D eigenvalue weighted by atomic mass is 32.1. The standard InChI is InChI=1S/C13H17NO3S/c1-9-7-18-8-11(9)12(15)14-5-3-4-10(6-14)13(16)17-2/h7-8,10H,3-6H2,1-2H3/t10-/m0/s1. The third-order valence-electron chi connectivity index (χ3n) is 3.33. The Morgan fingerprint density at radius 2 is 2.22 bits per heavy atom. The molecule has 2 heterocycles. The van der Waals surface area contributed by atoms with Gasteiger partial charge in [0.25, 0.3) is 5.91 Å². The van der Waals surface area contributed by atoms with Gasteiger partial charge < -0.3 is 9.64 Å². The van der Waals surface area contributed by atoms with E-state index in [0.717, 1.165) is 30.5 Å². The Labute approximate surface area is 111 Å². The largest absolute Gasteiger partial charge is 0.469 e. The van der Waals surface area contributed by atoms with Crippen molar-refractivity contribution in [1.82, 2.24) is 4.90 Å². The molecule has 0 spiro atoms. The van der Waals surface area contributed by atoms with Crippen LogP contribution in [0.4, 0.5) is 0 Å². The minimum absolute atomic E-state index is 0.0300. The second kappa shape index (κ2) is 5.52. The maximum absolute atomic E-state index is 12.3. The van der Waals surface area contributed by atoms with E-state index in [1.165, 1.54) is 18.4 Å². The molecule has 1 atom stereocenters. The maximum Gasteiger partial charge on any atom is 0.310 e. The quantitative estimate of drug-likeness (QED) is 0.771. The second-order valence-corrected chi connectivity index (χ2v) is 5.33. The molecule has 1 fully saturated rings. The van der Waals surface area contributed by atoms with Gasteiger partial charge in [0.1, 0.15) is 0 Å². The van der Waals surface area contributed by atoms with Crippen LogP contribution in [0.2, 0.25) is 0 Å². The predicted octanol–water partition coefficient (Wildman–Crippen LogP) is 2.08. The fourth-order valence-corrected chi connectivity index (χ4v) is 3.09. The van der Waals surface area contributed by atoms with Crippen LogP contribution in [0.5, 0.6) is 0 Å². The van der Waals surface area contributed by atoms with Crippen molar-refractivity contribution in [2.24, 2.45) is 5.92 Å². The summed E-state index contributed by atoms with van der Waals surface area (Å²) in [5.74, 6) is -0.358. The van der Waals surface area contributed by atoms with Crippen molar-refractivity contribution in [1.29, 1.82) is 0 Å². The highest BCUT2D eigenvalue weighted by Gasteiger charge is 2.30. The number of carbonyl (C=O) groups excluding carboxylic acids is 2. The third kappa shape index (κ3) is 2.56. The Hall–Kier alpha value is -1.36. The Balaban J connectivity index is 2.07. The molecule has 0 N–H and O–H groups in total. The molecule has 4 nitrogen and oxygen atoms in total. The summed E-state index contributed by atoms with van der Waals surface area (Å²) in [4.78, 5) is 25.6. The van der Waals surface area contributed by atoms with E-state index in [2.05, 4.69) is 0 Å². The highest BCUT2D eigenvalue weighted by Crippen LogP contribution is 2.22. The molecule has 1 aliphatic rings. The van der Waals surface area contributed by atoms with Gasteiger partial charge >= 0.3 is 5.97 Å². The maximum atomic E-state index is 12.3. The first kappa shape index (κ1) is 13.1. The van der Waals surface area contributed by atoms with Crippen LogP contribution in [-0.2, 0) is 9.53 Å². The number of hydrogen-bond donors (Lipinski definition) is 0. The molecule has 0 saturated carbocycles. The summed E-state index contributed by atoms with van der Waals surface area (Å²) >= 11 is 1.53. The van der Waals surface area contributed by atoms with Crippen molar-refractivity contribution in [2.45, 2.75) is 19.8 Å². The number of likely N-dealkylation sites (tertiary alicyclic amines) is 1. The number of methoxy groups -OCH3 is 1. The lowest BCUT2D eigenvalue weighted by molar-refractivity contribution is -0.146. The molecule has 5 heteroatoms. The first-order chi connectivity index (χ1) is 8.63. The molecule has 98 valence electrons. The van der Waals surface area contributed by atoms with Crippen molar-refractivity contribution >= 4 is 23.2 Å². The Kier molecular flexibility index (Phi) is 4.01. The van der Waals surface area contributed by atoms with Gasteiger partial charge in [-0.05, 0) is 30.7 Å². The lowest BCUT2D eigenvalue weighted by Crippen LogP contribution is -2.42. The van der Waals surface area contributed by atoms with Gasteiger partial charge in [-0.15, -0.1) is 0 Å². The summed E-state index contributed by atoms with van der Waals surface area (Å²) < 4.78 is 4.76. The van der Waals surface area contributed by atoms with Crippen LogP contribution in [0, 0.1) is 12.8 Å². The van der Waals surface area contributed by atoms with Crippen LogP contribution in [0.25, 0.3) is 0 Å². The molecule has 1 saturated heterocycles. The minimum atomic E-state index is -0.213. The smallest absolute Gasteiger partial charge is 0.310 e. The van der Waals surface area contributed by atoms with Crippen LogP contribution in [-0.4, -0.2) is 37.0 Å². The molecule has 18 heavy (non-hydrogen) atoms. The lowest BCUT2D eigenvalue weighted by Gasteiger charge is -2.31. The van der Waals surface area contributed by atoms with E-state index in [0.29, 0.717) is 6.54 Å². The SMILES string of the molecule is COC(=O)[C@H]1CCCN(C(=O)c2cscc2C)C1. The van der Waals surface area contributed by atoms with Gasteiger partial charge in [-0.2, -0.15) is 11.3 Å². The summed E-state index contributed by atoms with van der Waals surface area (Å²) in [7, 11) is 1.39. The molecule has 0 aliphatic carbocycles. The highest BCUT2D eigenvalue weighted by molar-refractivity contribution is 7.08. The van der Waals surface area contributed by atoms with Crippen LogP contribution < -0.4 is 0 Å². The van der Waals surface area contributed by atoms with Crippen molar-refractivity contribution < 1.29 is 14.3 Å². The molecule has 0 bridgehead atoms. The summed E-state index contributed by atoms with van der Waals surface area (Å²) in [6.07, 6.45) is 1.66. The van der Waals surface area contributed by atoms with Crippen LogP contribution in [0.3, 0.4) is 0 Å². The monoisotopic (exact) mass is 267 g/mol.